The molecule has 80 valence electrons. The van der Waals surface area contributed by atoms with Gasteiger partial charge in [-0.1, -0.05) is 15.9 Å². The summed E-state index contributed by atoms with van der Waals surface area (Å²) in [6, 6.07) is 5.57. The Morgan fingerprint density at radius 3 is 2.73 bits per heavy atom. The molecule has 0 amide bonds. The van der Waals surface area contributed by atoms with E-state index < -0.39 is 6.10 Å². The van der Waals surface area contributed by atoms with E-state index in [2.05, 4.69) is 15.9 Å². The van der Waals surface area contributed by atoms with Gasteiger partial charge in [-0.05, 0) is 25.1 Å². The molecule has 4 heteroatoms. The van der Waals surface area contributed by atoms with Gasteiger partial charge in [0.2, 0.25) is 0 Å². The van der Waals surface area contributed by atoms with Gasteiger partial charge in [-0.15, -0.1) is 0 Å². The molecular formula is C11H11BrO3. The first kappa shape index (κ1) is 10.5. The van der Waals surface area contributed by atoms with Crippen LogP contribution in [0.3, 0.4) is 0 Å². The van der Waals surface area contributed by atoms with Crippen LogP contribution in [0.25, 0.3) is 11.0 Å². The van der Waals surface area contributed by atoms with Crippen LogP contribution in [0.5, 0.6) is 5.75 Å². The van der Waals surface area contributed by atoms with Crippen LogP contribution in [0.2, 0.25) is 0 Å². The number of fused-ring (bicyclic) bond motifs is 1. The zero-order chi connectivity index (χ0) is 11.0. The van der Waals surface area contributed by atoms with E-state index in [0.717, 1.165) is 9.86 Å². The lowest BCUT2D eigenvalue weighted by atomic mass is 10.2. The van der Waals surface area contributed by atoms with Gasteiger partial charge in [0.1, 0.15) is 11.9 Å². The normalized spacial score (nSPS) is 13.1. The molecule has 0 fully saturated rings. The number of methoxy groups -OCH3 is 1. The van der Waals surface area contributed by atoms with E-state index in [1.807, 2.05) is 18.2 Å². The number of aliphatic hydroxyl groups is 1. The van der Waals surface area contributed by atoms with Gasteiger partial charge >= 0.3 is 0 Å². The lowest BCUT2D eigenvalue weighted by Crippen LogP contribution is -1.85. The Kier molecular flexibility index (Phi) is 2.71. The number of halogens is 1. The molecule has 0 aliphatic heterocycles. The predicted octanol–water partition coefficient (Wildman–Crippen LogP) is 3.26. The summed E-state index contributed by atoms with van der Waals surface area (Å²) in [7, 11) is 1.59. The first-order valence-electron chi connectivity index (χ1n) is 4.57. The molecule has 0 saturated heterocycles. The minimum absolute atomic E-state index is 0.543. The Hall–Kier alpha value is -1.00. The van der Waals surface area contributed by atoms with Gasteiger partial charge < -0.3 is 14.3 Å². The highest BCUT2D eigenvalue weighted by molar-refractivity contribution is 9.10. The van der Waals surface area contributed by atoms with Crippen LogP contribution in [0.4, 0.5) is 0 Å². The summed E-state index contributed by atoms with van der Waals surface area (Å²) in [4.78, 5) is 0. The summed E-state index contributed by atoms with van der Waals surface area (Å²) in [5, 5.41) is 10.3. The third-order valence-corrected chi connectivity index (χ3v) is 2.66. The van der Waals surface area contributed by atoms with E-state index in [-0.39, 0.29) is 0 Å². The van der Waals surface area contributed by atoms with Crippen LogP contribution in [-0.4, -0.2) is 12.2 Å². The Labute approximate surface area is 95.8 Å². The zero-order valence-electron chi connectivity index (χ0n) is 8.45. The van der Waals surface area contributed by atoms with Crippen LogP contribution in [-0.2, 0) is 0 Å². The SMILES string of the molecule is COc1cc(Br)cc2cc([C@@H](C)O)oc12. The maximum atomic E-state index is 9.41. The topological polar surface area (TPSA) is 42.6 Å². The molecular weight excluding hydrogens is 260 g/mol. The maximum Gasteiger partial charge on any atom is 0.176 e. The van der Waals surface area contributed by atoms with Crippen LogP contribution in [0.15, 0.2) is 27.1 Å². The van der Waals surface area contributed by atoms with E-state index >= 15 is 0 Å². The van der Waals surface area contributed by atoms with Crippen LogP contribution in [0.1, 0.15) is 18.8 Å². The second-order valence-electron chi connectivity index (χ2n) is 3.35. The van der Waals surface area contributed by atoms with E-state index in [4.69, 9.17) is 9.15 Å². The zero-order valence-corrected chi connectivity index (χ0v) is 10.0. The van der Waals surface area contributed by atoms with Crippen molar-refractivity contribution in [1.29, 1.82) is 0 Å². The van der Waals surface area contributed by atoms with Gasteiger partial charge in [0.05, 0.1) is 7.11 Å². The van der Waals surface area contributed by atoms with E-state index in [1.54, 1.807) is 14.0 Å². The first-order chi connectivity index (χ1) is 7.11. The lowest BCUT2D eigenvalue weighted by molar-refractivity contribution is 0.172. The molecule has 0 aliphatic rings. The molecule has 1 aromatic carbocycles. The molecule has 0 saturated carbocycles. The quantitative estimate of drug-likeness (QED) is 0.911. The fraction of sp³-hybridized carbons (Fsp3) is 0.273. The Morgan fingerprint density at radius 1 is 1.40 bits per heavy atom. The Balaban J connectivity index is 2.68. The summed E-state index contributed by atoms with van der Waals surface area (Å²) in [5.74, 6) is 1.20. The third kappa shape index (κ3) is 1.87. The van der Waals surface area contributed by atoms with Crippen molar-refractivity contribution in [2.75, 3.05) is 7.11 Å². The van der Waals surface area contributed by atoms with Crippen molar-refractivity contribution in [3.8, 4) is 5.75 Å². The molecule has 0 aliphatic carbocycles. The number of hydrogen-bond donors (Lipinski definition) is 1. The predicted molar refractivity (Wildman–Crippen MR) is 61.1 cm³/mol. The second-order valence-corrected chi connectivity index (χ2v) is 4.27. The number of aliphatic hydroxyl groups excluding tert-OH is 1. The second kappa shape index (κ2) is 3.87. The number of hydrogen-bond acceptors (Lipinski definition) is 3. The first-order valence-corrected chi connectivity index (χ1v) is 5.36. The summed E-state index contributed by atoms with van der Waals surface area (Å²) in [5.41, 5.74) is 0.664. The highest BCUT2D eigenvalue weighted by Gasteiger charge is 2.12. The van der Waals surface area contributed by atoms with Crippen molar-refractivity contribution in [3.63, 3.8) is 0 Å². The van der Waals surface area contributed by atoms with Crippen molar-refractivity contribution >= 4 is 26.9 Å². The Morgan fingerprint density at radius 2 is 2.13 bits per heavy atom. The molecule has 2 rings (SSSR count). The molecule has 15 heavy (non-hydrogen) atoms. The minimum Gasteiger partial charge on any atom is -0.493 e. The van der Waals surface area contributed by atoms with Gasteiger partial charge in [0.15, 0.2) is 11.3 Å². The summed E-state index contributed by atoms with van der Waals surface area (Å²) in [6.07, 6.45) is -0.610. The van der Waals surface area contributed by atoms with Gasteiger partial charge in [-0.2, -0.15) is 0 Å². The van der Waals surface area contributed by atoms with Crippen molar-refractivity contribution in [2.24, 2.45) is 0 Å². The fourth-order valence-electron chi connectivity index (χ4n) is 1.46. The standard InChI is InChI=1S/C11H11BrO3/c1-6(13)9-4-7-3-8(12)5-10(14-2)11(7)15-9/h3-6,13H,1-2H3/t6-/m1/s1. The van der Waals surface area contributed by atoms with Gasteiger partial charge in [-0.25, -0.2) is 0 Å². The average molecular weight is 271 g/mol. The summed E-state index contributed by atoms with van der Waals surface area (Å²) in [6.45, 7) is 1.67. The number of ether oxygens (including phenoxy) is 1. The van der Waals surface area contributed by atoms with Crippen molar-refractivity contribution in [1.82, 2.24) is 0 Å². The lowest BCUT2D eigenvalue weighted by Gasteiger charge is -2.01. The van der Waals surface area contributed by atoms with Gasteiger partial charge in [0, 0.05) is 9.86 Å². The molecule has 2 aromatic rings. The highest BCUT2D eigenvalue weighted by atomic mass is 79.9. The highest BCUT2D eigenvalue weighted by Crippen LogP contribution is 2.33. The van der Waals surface area contributed by atoms with E-state index in [1.165, 1.54) is 0 Å². The van der Waals surface area contributed by atoms with Crippen LogP contribution in [0, 0.1) is 0 Å². The summed E-state index contributed by atoms with van der Waals surface area (Å²) < 4.78 is 11.6. The monoisotopic (exact) mass is 270 g/mol. The maximum absolute atomic E-state index is 9.41. The molecule has 1 N–H and O–H groups in total. The third-order valence-electron chi connectivity index (χ3n) is 2.20. The molecule has 0 bridgehead atoms. The number of furan rings is 1. The Bertz CT molecular complexity index is 488. The van der Waals surface area contributed by atoms with Crippen molar-refractivity contribution in [3.05, 3.63) is 28.4 Å². The molecule has 1 atom stereocenters. The molecule has 3 nitrogen and oxygen atoms in total. The van der Waals surface area contributed by atoms with Gasteiger partial charge in [-0.3, -0.25) is 0 Å². The van der Waals surface area contributed by atoms with Crippen LogP contribution >= 0.6 is 15.9 Å². The molecule has 0 unspecified atom stereocenters. The average Bonchev–Trinajstić information content (AvgIpc) is 2.59. The molecule has 0 radical (unpaired) electrons. The molecule has 0 spiro atoms. The molecule has 1 heterocycles. The van der Waals surface area contributed by atoms with Crippen molar-refractivity contribution in [2.45, 2.75) is 13.0 Å². The fourth-order valence-corrected chi connectivity index (χ4v) is 1.92. The van der Waals surface area contributed by atoms with Crippen molar-refractivity contribution < 1.29 is 14.3 Å². The largest absolute Gasteiger partial charge is 0.493 e. The van der Waals surface area contributed by atoms with E-state index in [9.17, 15) is 5.11 Å². The van der Waals surface area contributed by atoms with E-state index in [0.29, 0.717) is 17.1 Å². The minimum atomic E-state index is -0.610. The smallest absolute Gasteiger partial charge is 0.176 e. The number of rotatable bonds is 2. The van der Waals surface area contributed by atoms with Gasteiger partial charge in [0.25, 0.3) is 0 Å². The van der Waals surface area contributed by atoms with Crippen LogP contribution < -0.4 is 4.74 Å². The summed E-state index contributed by atoms with van der Waals surface area (Å²) >= 11 is 3.39. The number of benzene rings is 1. The molecule has 1 aromatic heterocycles.